The van der Waals surface area contributed by atoms with Crippen LogP contribution in [-0.4, -0.2) is 11.1 Å². The molecule has 0 heterocycles. The van der Waals surface area contributed by atoms with E-state index in [2.05, 4.69) is 13.0 Å². The van der Waals surface area contributed by atoms with Crippen LogP contribution in [0.1, 0.15) is 60.1 Å². The van der Waals surface area contributed by atoms with Crippen LogP contribution < -0.4 is 0 Å². The average Bonchev–Trinajstić information content (AvgIpc) is 2.28. The van der Waals surface area contributed by atoms with E-state index in [1.165, 1.54) is 18.4 Å². The minimum atomic E-state index is -0.679. The van der Waals surface area contributed by atoms with E-state index in [4.69, 9.17) is 6.48 Å². The quantitative estimate of drug-likeness (QED) is 0.693. The molecular weight excluding hydrogens is 200 g/mol. The van der Waals surface area contributed by atoms with Gasteiger partial charge >= 0.3 is 5.97 Å². The van der Waals surface area contributed by atoms with E-state index in [-0.39, 0.29) is 0 Å². The maximum absolute atomic E-state index is 10.6. The van der Waals surface area contributed by atoms with Crippen LogP contribution in [-0.2, 0) is 4.79 Å². The number of hydrogen-bond acceptors (Lipinski definition) is 1. The zero-order valence-corrected chi connectivity index (χ0v) is 10.2. The lowest BCUT2D eigenvalue weighted by atomic mass is 9.75. The normalized spacial score (nSPS) is 26.1. The zero-order valence-electron chi connectivity index (χ0n) is 11.2. The molecule has 1 N–H and O–H groups in total. The van der Waals surface area contributed by atoms with Crippen LogP contribution in [0.3, 0.4) is 0 Å². The van der Waals surface area contributed by atoms with Crippen LogP contribution >= 0.6 is 0 Å². The molecule has 0 aromatic rings. The first kappa shape index (κ1) is 11.7. The number of carbonyl (C=O) groups is 1. The summed E-state index contributed by atoms with van der Waals surface area (Å²) in [5, 5.41) is 8.76. The van der Waals surface area contributed by atoms with Crippen molar-refractivity contribution in [3.8, 4) is 0 Å². The highest BCUT2D eigenvalue weighted by molar-refractivity contribution is 5.66. The maximum Gasteiger partial charge on any atom is 0.303 e. The summed E-state index contributed by atoms with van der Waals surface area (Å²) in [5.74, 6) is 0.507. The van der Waals surface area contributed by atoms with Gasteiger partial charge < -0.3 is 5.11 Å². The first-order chi connectivity index (χ1) is 8.17. The molecule has 0 radical (unpaired) electrons. The van der Waals surface area contributed by atoms with Crippen molar-refractivity contribution in [1.29, 1.82) is 0 Å². The predicted octanol–water partition coefficient (Wildman–Crippen LogP) is 4.01. The molecule has 0 spiro atoms. The van der Waals surface area contributed by atoms with Crippen LogP contribution in [0.25, 0.3) is 0 Å². The fourth-order valence-electron chi connectivity index (χ4n) is 2.67. The second-order valence-electron chi connectivity index (χ2n) is 4.79. The van der Waals surface area contributed by atoms with Gasteiger partial charge in [-0.3, -0.25) is 4.79 Å². The molecule has 2 nitrogen and oxygen atoms in total. The molecule has 16 heavy (non-hydrogen) atoms. The highest BCUT2D eigenvalue weighted by Crippen LogP contribution is 2.36. The van der Waals surface area contributed by atoms with Crippen molar-refractivity contribution in [3.63, 3.8) is 0 Å². The van der Waals surface area contributed by atoms with Crippen molar-refractivity contribution >= 4 is 5.97 Å². The Hall–Kier alpha value is -0.790. The smallest absolute Gasteiger partial charge is 0.303 e. The Balaban J connectivity index is 2.53. The molecule has 0 fully saturated rings. The molecule has 2 atom stereocenters. The third kappa shape index (κ3) is 3.99. The number of allylic oxidation sites excluding steroid dienone is 2. The lowest BCUT2D eigenvalue weighted by Gasteiger charge is -2.31. The van der Waals surface area contributed by atoms with Crippen LogP contribution in [0.5, 0.6) is 0 Å². The fourth-order valence-corrected chi connectivity index (χ4v) is 2.67. The Morgan fingerprint density at radius 3 is 3.00 bits per heavy atom. The van der Waals surface area contributed by atoms with Gasteiger partial charge in [0, 0.05) is 7.79 Å². The lowest BCUT2D eigenvalue weighted by Crippen LogP contribution is -2.20. The van der Waals surface area contributed by atoms with E-state index in [1.807, 2.05) is 0 Å². The van der Waals surface area contributed by atoms with Crippen molar-refractivity contribution in [1.82, 2.24) is 0 Å². The highest BCUT2D eigenvalue weighted by atomic mass is 16.4. The van der Waals surface area contributed by atoms with Gasteiger partial charge in [-0.25, -0.2) is 0 Å². The summed E-state index contributed by atoms with van der Waals surface area (Å²) in [4.78, 5) is 10.6. The van der Waals surface area contributed by atoms with Crippen LogP contribution in [0.2, 0.25) is 0 Å². The SMILES string of the molecule is [2H]CCC1=CCC(CCC(=O)O)C(CCC)C1. The van der Waals surface area contributed by atoms with Gasteiger partial charge in [-0.15, -0.1) is 0 Å². The summed E-state index contributed by atoms with van der Waals surface area (Å²) < 4.78 is 7.28. The van der Waals surface area contributed by atoms with E-state index < -0.39 is 5.97 Å². The Bertz CT molecular complexity index is 273. The molecule has 0 bridgehead atoms. The Labute approximate surface area is 100 Å². The standard InChI is InChI=1S/C14H24O2/c1-3-5-13-10-11(4-2)6-7-12(13)8-9-14(15)16/h6,12-13H,3-5,7-10H2,1-2H3,(H,15,16)/i2D. The zero-order chi connectivity index (χ0) is 12.7. The molecule has 0 amide bonds. The number of rotatable bonds is 6. The Morgan fingerprint density at radius 2 is 2.38 bits per heavy atom. The molecule has 0 aliphatic heterocycles. The number of aliphatic carboxylic acids is 1. The molecule has 0 saturated carbocycles. The largest absolute Gasteiger partial charge is 0.481 e. The average molecular weight is 225 g/mol. The van der Waals surface area contributed by atoms with E-state index in [0.29, 0.717) is 25.2 Å². The van der Waals surface area contributed by atoms with Crippen molar-refractivity contribution < 1.29 is 11.3 Å². The van der Waals surface area contributed by atoms with Crippen LogP contribution in [0.15, 0.2) is 11.6 Å². The molecule has 0 aromatic heterocycles. The first-order valence-electron chi connectivity index (χ1n) is 7.07. The Kier molecular flexibility index (Phi) is 4.91. The van der Waals surface area contributed by atoms with Crippen LogP contribution in [0.4, 0.5) is 0 Å². The van der Waals surface area contributed by atoms with E-state index in [1.54, 1.807) is 0 Å². The lowest BCUT2D eigenvalue weighted by molar-refractivity contribution is -0.137. The topological polar surface area (TPSA) is 37.3 Å². The van der Waals surface area contributed by atoms with Crippen molar-refractivity contribution in [2.75, 3.05) is 0 Å². The molecule has 2 heteroatoms. The van der Waals surface area contributed by atoms with Gasteiger partial charge in [0.25, 0.3) is 0 Å². The molecule has 1 aliphatic rings. The summed E-state index contributed by atoms with van der Waals surface area (Å²) in [6.45, 7) is 2.67. The number of hydrogen-bond donors (Lipinski definition) is 1. The highest BCUT2D eigenvalue weighted by Gasteiger charge is 2.24. The monoisotopic (exact) mass is 225 g/mol. The minimum absolute atomic E-state index is 0.298. The summed E-state index contributed by atoms with van der Waals surface area (Å²) in [6.07, 6.45) is 8.74. The van der Waals surface area contributed by atoms with Crippen molar-refractivity contribution in [2.24, 2.45) is 11.8 Å². The molecule has 92 valence electrons. The minimum Gasteiger partial charge on any atom is -0.481 e. The Morgan fingerprint density at radius 1 is 1.56 bits per heavy atom. The molecular formula is C14H24O2. The van der Waals surface area contributed by atoms with E-state index in [9.17, 15) is 4.79 Å². The summed E-state index contributed by atoms with van der Waals surface area (Å²) >= 11 is 0. The van der Waals surface area contributed by atoms with Gasteiger partial charge in [0.05, 0.1) is 0 Å². The van der Waals surface area contributed by atoms with Gasteiger partial charge in [0.15, 0.2) is 0 Å². The first-order valence-corrected chi connectivity index (χ1v) is 6.36. The molecule has 1 rings (SSSR count). The molecule has 0 aromatic carbocycles. The second kappa shape index (κ2) is 6.72. The second-order valence-corrected chi connectivity index (χ2v) is 4.79. The molecule has 2 unspecified atom stereocenters. The van der Waals surface area contributed by atoms with Gasteiger partial charge in [-0.05, 0) is 37.5 Å². The third-order valence-electron chi connectivity index (χ3n) is 3.61. The number of carboxylic acids is 1. The molecule has 0 saturated heterocycles. The van der Waals surface area contributed by atoms with Crippen LogP contribution in [0, 0.1) is 11.8 Å². The summed E-state index contributed by atoms with van der Waals surface area (Å²) in [7, 11) is 0. The van der Waals surface area contributed by atoms with E-state index >= 15 is 0 Å². The predicted molar refractivity (Wildman–Crippen MR) is 66.4 cm³/mol. The fraction of sp³-hybridized carbons (Fsp3) is 0.786. The van der Waals surface area contributed by atoms with Gasteiger partial charge in [-0.1, -0.05) is 38.3 Å². The number of carboxylic acid groups (broad SMARTS) is 1. The van der Waals surface area contributed by atoms with E-state index in [0.717, 1.165) is 25.7 Å². The molecule has 1 aliphatic carbocycles. The summed E-state index contributed by atoms with van der Waals surface area (Å²) in [6, 6.07) is 0. The third-order valence-corrected chi connectivity index (χ3v) is 3.61. The van der Waals surface area contributed by atoms with Crippen molar-refractivity contribution in [3.05, 3.63) is 11.6 Å². The van der Waals surface area contributed by atoms with Gasteiger partial charge in [0.1, 0.15) is 0 Å². The maximum atomic E-state index is 10.6. The van der Waals surface area contributed by atoms with Gasteiger partial charge in [-0.2, -0.15) is 0 Å². The van der Waals surface area contributed by atoms with Gasteiger partial charge in [0.2, 0.25) is 0 Å². The summed E-state index contributed by atoms with van der Waals surface area (Å²) in [5.41, 5.74) is 1.42. The van der Waals surface area contributed by atoms with Crippen molar-refractivity contribution in [2.45, 2.75) is 58.8 Å².